The van der Waals surface area contributed by atoms with Crippen molar-refractivity contribution in [2.24, 2.45) is 0 Å². The van der Waals surface area contributed by atoms with Crippen molar-refractivity contribution < 1.29 is 19.9 Å². The van der Waals surface area contributed by atoms with Crippen LogP contribution in [0.2, 0.25) is 0 Å². The minimum absolute atomic E-state index is 0.0350. The number of nitro benzene ring substituents is 1. The molecule has 0 saturated carbocycles. The number of piperazine rings is 1. The van der Waals surface area contributed by atoms with E-state index < -0.39 is 16.4 Å². The summed E-state index contributed by atoms with van der Waals surface area (Å²) in [5.74, 6) is -0.462. The van der Waals surface area contributed by atoms with Crippen LogP contribution in [0.1, 0.15) is 11.6 Å². The molecule has 1 heterocycles. The summed E-state index contributed by atoms with van der Waals surface area (Å²) in [5, 5.41) is 33.7. The van der Waals surface area contributed by atoms with Crippen LogP contribution in [0.3, 0.4) is 0 Å². The second-order valence-electron chi connectivity index (χ2n) is 4.83. The van der Waals surface area contributed by atoms with E-state index in [4.69, 9.17) is 4.74 Å². The van der Waals surface area contributed by atoms with Gasteiger partial charge in [0.1, 0.15) is 0 Å². The SMILES string of the molecule is COc1cc([C@@H](CO)N2CCNCC2)cc([N+](=O)[O-])c1O. The molecule has 0 radical (unpaired) electrons. The van der Waals surface area contributed by atoms with Crippen molar-refractivity contribution in [3.8, 4) is 11.5 Å². The van der Waals surface area contributed by atoms with Gasteiger partial charge in [0.25, 0.3) is 0 Å². The Morgan fingerprint density at radius 3 is 2.67 bits per heavy atom. The predicted octanol–water partition coefficient (Wildman–Crippen LogP) is 0.248. The number of nitrogens with zero attached hydrogens (tertiary/aromatic N) is 2. The van der Waals surface area contributed by atoms with Crippen molar-refractivity contribution in [2.45, 2.75) is 6.04 Å². The monoisotopic (exact) mass is 297 g/mol. The van der Waals surface area contributed by atoms with Crippen LogP contribution in [0, 0.1) is 10.1 Å². The van der Waals surface area contributed by atoms with E-state index in [0.717, 1.165) is 26.2 Å². The number of benzene rings is 1. The Kier molecular flexibility index (Phi) is 4.94. The summed E-state index contributed by atoms with van der Waals surface area (Å²) in [7, 11) is 1.33. The predicted molar refractivity (Wildman–Crippen MR) is 75.6 cm³/mol. The molecule has 0 amide bonds. The number of aliphatic hydroxyl groups excluding tert-OH is 1. The number of nitrogens with one attached hydrogen (secondary N) is 1. The fourth-order valence-corrected chi connectivity index (χ4v) is 2.53. The highest BCUT2D eigenvalue weighted by atomic mass is 16.6. The molecule has 8 heteroatoms. The zero-order valence-electron chi connectivity index (χ0n) is 11.8. The maximum absolute atomic E-state index is 11.0. The third-order valence-corrected chi connectivity index (χ3v) is 3.64. The topological polar surface area (TPSA) is 108 Å². The molecule has 8 nitrogen and oxygen atoms in total. The standard InChI is InChI=1S/C13H19N3O5/c1-21-12-7-9(6-10(13(12)18)16(19)20)11(8-17)15-4-2-14-3-5-15/h6-7,11,14,17-18H,2-5,8H2,1H3/t11-/m1/s1. The summed E-state index contributed by atoms with van der Waals surface area (Å²) in [6.07, 6.45) is 0. The molecule has 0 aromatic heterocycles. The fourth-order valence-electron chi connectivity index (χ4n) is 2.53. The summed E-state index contributed by atoms with van der Waals surface area (Å²) in [6.45, 7) is 2.91. The first-order valence-electron chi connectivity index (χ1n) is 6.69. The normalized spacial score (nSPS) is 17.4. The lowest BCUT2D eigenvalue weighted by molar-refractivity contribution is -0.386. The van der Waals surface area contributed by atoms with Gasteiger partial charge in [0.15, 0.2) is 5.75 Å². The molecule has 3 N–H and O–H groups in total. The summed E-state index contributed by atoms with van der Waals surface area (Å²) in [5.41, 5.74) is 0.138. The molecule has 1 atom stereocenters. The number of methoxy groups -OCH3 is 1. The van der Waals surface area contributed by atoms with Gasteiger partial charge in [0.2, 0.25) is 5.75 Å². The van der Waals surface area contributed by atoms with Crippen LogP contribution < -0.4 is 10.1 Å². The molecule has 0 aliphatic carbocycles. The Morgan fingerprint density at radius 2 is 2.14 bits per heavy atom. The summed E-state index contributed by atoms with van der Waals surface area (Å²) in [6, 6.07) is 2.46. The highest BCUT2D eigenvalue weighted by Gasteiger charge is 2.27. The van der Waals surface area contributed by atoms with Gasteiger partial charge >= 0.3 is 5.69 Å². The molecule has 1 aromatic rings. The smallest absolute Gasteiger partial charge is 0.314 e. The van der Waals surface area contributed by atoms with Gasteiger partial charge in [-0.15, -0.1) is 0 Å². The first-order chi connectivity index (χ1) is 10.1. The number of rotatable bonds is 5. The number of aliphatic hydroxyl groups is 1. The lowest BCUT2D eigenvalue weighted by atomic mass is 10.0. The van der Waals surface area contributed by atoms with Crippen molar-refractivity contribution in [3.05, 3.63) is 27.8 Å². The minimum Gasteiger partial charge on any atom is -0.500 e. The molecule has 1 fully saturated rings. The van der Waals surface area contributed by atoms with E-state index in [2.05, 4.69) is 5.32 Å². The number of aromatic hydroxyl groups is 1. The quantitative estimate of drug-likeness (QED) is 0.528. The Balaban J connectivity index is 2.40. The van der Waals surface area contributed by atoms with Crippen molar-refractivity contribution in [1.82, 2.24) is 10.2 Å². The van der Waals surface area contributed by atoms with Crippen LogP contribution in [0.25, 0.3) is 0 Å². The van der Waals surface area contributed by atoms with Gasteiger partial charge in [-0.05, 0) is 11.6 Å². The van der Waals surface area contributed by atoms with E-state index in [1.54, 1.807) is 0 Å². The Morgan fingerprint density at radius 1 is 1.48 bits per heavy atom. The van der Waals surface area contributed by atoms with Crippen molar-refractivity contribution in [2.75, 3.05) is 39.9 Å². The Labute approximate surface area is 122 Å². The lowest BCUT2D eigenvalue weighted by Gasteiger charge is -2.34. The molecular formula is C13H19N3O5. The summed E-state index contributed by atoms with van der Waals surface area (Å²) < 4.78 is 4.99. The van der Waals surface area contributed by atoms with Gasteiger partial charge in [-0.3, -0.25) is 15.0 Å². The van der Waals surface area contributed by atoms with Crippen molar-refractivity contribution in [1.29, 1.82) is 0 Å². The van der Waals surface area contributed by atoms with Crippen LogP contribution in [0.5, 0.6) is 11.5 Å². The third kappa shape index (κ3) is 3.23. The Hall–Kier alpha value is -1.90. The third-order valence-electron chi connectivity index (χ3n) is 3.64. The number of phenolic OH excluding ortho intramolecular Hbond substituents is 1. The molecule has 0 unspecified atom stereocenters. The molecule has 0 spiro atoms. The molecule has 0 bridgehead atoms. The van der Waals surface area contributed by atoms with Crippen LogP contribution in [0.15, 0.2) is 12.1 Å². The molecule has 1 saturated heterocycles. The van der Waals surface area contributed by atoms with Gasteiger partial charge in [-0.25, -0.2) is 0 Å². The molecule has 1 aliphatic heterocycles. The molecule has 116 valence electrons. The molecule has 1 aromatic carbocycles. The summed E-state index contributed by atoms with van der Waals surface area (Å²) >= 11 is 0. The number of hydrogen-bond donors (Lipinski definition) is 3. The van der Waals surface area contributed by atoms with Crippen molar-refractivity contribution >= 4 is 5.69 Å². The first kappa shape index (κ1) is 15.5. The maximum atomic E-state index is 11.0. The lowest BCUT2D eigenvalue weighted by Crippen LogP contribution is -2.46. The van der Waals surface area contributed by atoms with Gasteiger partial charge in [-0.1, -0.05) is 0 Å². The molecule has 21 heavy (non-hydrogen) atoms. The number of ether oxygens (including phenoxy) is 1. The van der Waals surface area contributed by atoms with E-state index in [-0.39, 0.29) is 18.4 Å². The molecule has 1 aliphatic rings. The molecule has 2 rings (SSSR count). The number of nitro groups is 1. The van der Waals surface area contributed by atoms with E-state index >= 15 is 0 Å². The largest absolute Gasteiger partial charge is 0.500 e. The number of hydrogen-bond acceptors (Lipinski definition) is 7. The second kappa shape index (κ2) is 6.70. The van der Waals surface area contributed by atoms with E-state index in [1.165, 1.54) is 19.2 Å². The fraction of sp³-hybridized carbons (Fsp3) is 0.538. The first-order valence-corrected chi connectivity index (χ1v) is 6.69. The van der Waals surface area contributed by atoms with Gasteiger partial charge in [0.05, 0.1) is 24.7 Å². The van der Waals surface area contributed by atoms with Gasteiger partial charge in [-0.2, -0.15) is 0 Å². The minimum atomic E-state index is -0.659. The van der Waals surface area contributed by atoms with Crippen LogP contribution in [-0.2, 0) is 0 Å². The average molecular weight is 297 g/mol. The zero-order chi connectivity index (χ0) is 15.4. The zero-order valence-corrected chi connectivity index (χ0v) is 11.8. The molecular weight excluding hydrogens is 278 g/mol. The van der Waals surface area contributed by atoms with Gasteiger partial charge in [0, 0.05) is 32.2 Å². The Bertz CT molecular complexity index is 517. The summed E-state index contributed by atoms with van der Waals surface area (Å²) in [4.78, 5) is 12.4. The number of phenols is 1. The van der Waals surface area contributed by atoms with Crippen LogP contribution >= 0.6 is 0 Å². The second-order valence-corrected chi connectivity index (χ2v) is 4.83. The highest BCUT2D eigenvalue weighted by molar-refractivity contribution is 5.57. The van der Waals surface area contributed by atoms with Gasteiger partial charge < -0.3 is 20.3 Å². The van der Waals surface area contributed by atoms with Crippen LogP contribution in [0.4, 0.5) is 5.69 Å². The van der Waals surface area contributed by atoms with Crippen LogP contribution in [-0.4, -0.2) is 59.9 Å². The van der Waals surface area contributed by atoms with E-state index in [1.807, 2.05) is 4.90 Å². The maximum Gasteiger partial charge on any atom is 0.314 e. The van der Waals surface area contributed by atoms with E-state index in [0.29, 0.717) is 5.56 Å². The van der Waals surface area contributed by atoms with E-state index in [9.17, 15) is 20.3 Å². The highest BCUT2D eigenvalue weighted by Crippen LogP contribution is 2.39. The average Bonchev–Trinajstić information content (AvgIpc) is 2.50. The van der Waals surface area contributed by atoms with Crippen molar-refractivity contribution in [3.63, 3.8) is 0 Å².